The first kappa shape index (κ1) is 12.9. The van der Waals surface area contributed by atoms with E-state index in [2.05, 4.69) is 38.0 Å². The molecule has 1 aliphatic carbocycles. The Morgan fingerprint density at radius 2 is 2.11 bits per heavy atom. The third-order valence-corrected chi connectivity index (χ3v) is 7.18. The molecule has 1 fully saturated rings. The van der Waals surface area contributed by atoms with Crippen LogP contribution in [0.15, 0.2) is 0 Å². The van der Waals surface area contributed by atoms with Gasteiger partial charge in [-0.2, -0.15) is 11.8 Å². The van der Waals surface area contributed by atoms with E-state index in [1.165, 1.54) is 42.1 Å². The average Bonchev–Trinajstić information content (AvgIpc) is 2.89. The normalized spacial score (nSPS) is 30.4. The maximum Gasteiger partial charge on any atom is 0.115 e. The lowest BCUT2D eigenvalue weighted by Crippen LogP contribution is -2.56. The third-order valence-electron chi connectivity index (χ3n) is 4.73. The van der Waals surface area contributed by atoms with E-state index in [4.69, 9.17) is 4.98 Å². The minimum atomic E-state index is 0.0743. The van der Waals surface area contributed by atoms with E-state index in [0.717, 1.165) is 5.75 Å². The summed E-state index contributed by atoms with van der Waals surface area (Å²) in [5, 5.41) is 4.98. The highest BCUT2D eigenvalue weighted by molar-refractivity contribution is 7.99. The van der Waals surface area contributed by atoms with E-state index in [9.17, 15) is 0 Å². The summed E-state index contributed by atoms with van der Waals surface area (Å²) < 4.78 is 0. The SMILES string of the molecule is CNC1(c2nc3c(s2)CCC3)CSCCC1(C)C. The lowest BCUT2D eigenvalue weighted by atomic mass is 9.71. The molecule has 0 bridgehead atoms. The predicted molar refractivity (Wildman–Crippen MR) is 80.6 cm³/mol. The van der Waals surface area contributed by atoms with Crippen LogP contribution in [-0.2, 0) is 18.4 Å². The number of nitrogens with one attached hydrogen (secondary N) is 1. The van der Waals surface area contributed by atoms with E-state index in [0.29, 0.717) is 5.41 Å². The van der Waals surface area contributed by atoms with Gasteiger partial charge in [0.2, 0.25) is 0 Å². The molecule has 2 aliphatic rings. The van der Waals surface area contributed by atoms with Crippen LogP contribution in [-0.4, -0.2) is 23.5 Å². The molecule has 4 heteroatoms. The van der Waals surface area contributed by atoms with Gasteiger partial charge in [-0.1, -0.05) is 13.8 Å². The number of aromatic nitrogens is 1. The molecule has 18 heavy (non-hydrogen) atoms. The van der Waals surface area contributed by atoms with Crippen LogP contribution < -0.4 is 5.32 Å². The fourth-order valence-electron chi connectivity index (χ4n) is 3.20. The van der Waals surface area contributed by atoms with Crippen LogP contribution >= 0.6 is 23.1 Å². The summed E-state index contributed by atoms with van der Waals surface area (Å²) in [7, 11) is 2.11. The number of fused-ring (bicyclic) bond motifs is 1. The molecule has 1 aliphatic heterocycles. The van der Waals surface area contributed by atoms with Gasteiger partial charge in [-0.05, 0) is 43.9 Å². The molecule has 1 saturated heterocycles. The van der Waals surface area contributed by atoms with Crippen molar-refractivity contribution < 1.29 is 0 Å². The molecular formula is C14H22N2S2. The molecule has 0 aromatic carbocycles. The van der Waals surface area contributed by atoms with Crippen molar-refractivity contribution in [1.29, 1.82) is 0 Å². The van der Waals surface area contributed by atoms with Gasteiger partial charge in [0.15, 0.2) is 0 Å². The van der Waals surface area contributed by atoms with Gasteiger partial charge in [0.1, 0.15) is 5.01 Å². The number of rotatable bonds is 2. The smallest absolute Gasteiger partial charge is 0.115 e. The van der Waals surface area contributed by atoms with E-state index < -0.39 is 0 Å². The van der Waals surface area contributed by atoms with Crippen molar-refractivity contribution in [2.24, 2.45) is 5.41 Å². The second-order valence-electron chi connectivity index (χ2n) is 6.08. The molecule has 1 aromatic heterocycles. The number of hydrogen-bond donors (Lipinski definition) is 1. The average molecular weight is 282 g/mol. The van der Waals surface area contributed by atoms with Crippen molar-refractivity contribution >= 4 is 23.1 Å². The van der Waals surface area contributed by atoms with Crippen LogP contribution in [0.2, 0.25) is 0 Å². The zero-order valence-corrected chi connectivity index (χ0v) is 13.1. The monoisotopic (exact) mass is 282 g/mol. The highest BCUT2D eigenvalue weighted by Crippen LogP contribution is 2.50. The molecule has 3 rings (SSSR count). The quantitative estimate of drug-likeness (QED) is 0.901. The molecule has 2 nitrogen and oxygen atoms in total. The maximum atomic E-state index is 5.00. The van der Waals surface area contributed by atoms with E-state index >= 15 is 0 Å². The van der Waals surface area contributed by atoms with Crippen LogP contribution in [0, 0.1) is 5.41 Å². The van der Waals surface area contributed by atoms with Gasteiger partial charge >= 0.3 is 0 Å². The largest absolute Gasteiger partial charge is 0.307 e. The first-order chi connectivity index (χ1) is 8.59. The van der Waals surface area contributed by atoms with Crippen LogP contribution in [0.4, 0.5) is 0 Å². The van der Waals surface area contributed by atoms with Crippen LogP contribution in [0.3, 0.4) is 0 Å². The summed E-state index contributed by atoms with van der Waals surface area (Å²) >= 11 is 4.04. The second kappa shape index (κ2) is 4.50. The Morgan fingerprint density at radius 1 is 1.28 bits per heavy atom. The number of aryl methyl sites for hydroxylation is 2. The Morgan fingerprint density at radius 3 is 2.78 bits per heavy atom. The van der Waals surface area contributed by atoms with E-state index in [1.807, 2.05) is 11.3 Å². The third kappa shape index (κ3) is 1.76. The summed E-state index contributed by atoms with van der Waals surface area (Å²) in [6.07, 6.45) is 5.02. The van der Waals surface area contributed by atoms with Crippen molar-refractivity contribution in [2.45, 2.75) is 45.1 Å². The highest BCUT2D eigenvalue weighted by Gasteiger charge is 2.49. The lowest BCUT2D eigenvalue weighted by molar-refractivity contribution is 0.138. The predicted octanol–water partition coefficient (Wildman–Crippen LogP) is 3.21. The Bertz CT molecular complexity index is 431. The zero-order chi connectivity index (χ0) is 12.8. The molecule has 0 radical (unpaired) electrons. The van der Waals surface area contributed by atoms with Gasteiger partial charge in [-0.15, -0.1) is 11.3 Å². The minimum Gasteiger partial charge on any atom is -0.307 e. The molecule has 1 aromatic rings. The van der Waals surface area contributed by atoms with Crippen LogP contribution in [0.25, 0.3) is 0 Å². The molecule has 0 amide bonds. The summed E-state index contributed by atoms with van der Waals surface area (Å²) in [5.41, 5.74) is 1.75. The maximum absolute atomic E-state index is 5.00. The molecule has 2 heterocycles. The molecule has 1 atom stereocenters. The molecule has 1 unspecified atom stereocenters. The molecule has 100 valence electrons. The van der Waals surface area contributed by atoms with Gasteiger partial charge in [-0.25, -0.2) is 4.98 Å². The fraction of sp³-hybridized carbons (Fsp3) is 0.786. The van der Waals surface area contributed by atoms with Crippen molar-refractivity contribution in [1.82, 2.24) is 10.3 Å². The Labute approximate surface area is 118 Å². The summed E-state index contributed by atoms with van der Waals surface area (Å²) in [4.78, 5) is 6.54. The standard InChI is InChI=1S/C14H22N2S2/c1-13(2)7-8-17-9-14(13,15-3)12-16-10-5-4-6-11(10)18-12/h15H,4-9H2,1-3H3. The van der Waals surface area contributed by atoms with Crippen molar-refractivity contribution in [3.63, 3.8) is 0 Å². The Kier molecular flexibility index (Phi) is 3.23. The number of nitrogens with zero attached hydrogens (tertiary/aromatic N) is 1. The molecule has 0 spiro atoms. The Balaban J connectivity index is 2.04. The van der Waals surface area contributed by atoms with Gasteiger partial charge in [-0.3, -0.25) is 0 Å². The number of thiazole rings is 1. The number of thioether (sulfide) groups is 1. The van der Waals surface area contributed by atoms with Crippen molar-refractivity contribution in [2.75, 3.05) is 18.6 Å². The minimum absolute atomic E-state index is 0.0743. The van der Waals surface area contributed by atoms with Gasteiger partial charge in [0.05, 0.1) is 11.2 Å². The Hall–Kier alpha value is -0.0600. The summed E-state index contributed by atoms with van der Waals surface area (Å²) in [6, 6.07) is 0. The van der Waals surface area contributed by atoms with Crippen LogP contribution in [0.5, 0.6) is 0 Å². The second-order valence-corrected chi connectivity index (χ2v) is 8.27. The first-order valence-corrected chi connectivity index (χ1v) is 8.82. The van der Waals surface area contributed by atoms with Crippen LogP contribution in [0.1, 0.15) is 42.3 Å². The molecule has 0 saturated carbocycles. The van der Waals surface area contributed by atoms with Crippen molar-refractivity contribution in [3.05, 3.63) is 15.6 Å². The fourth-order valence-corrected chi connectivity index (χ4v) is 6.60. The molecular weight excluding hydrogens is 260 g/mol. The first-order valence-electron chi connectivity index (χ1n) is 6.85. The summed E-state index contributed by atoms with van der Waals surface area (Å²) in [6.45, 7) is 4.80. The topological polar surface area (TPSA) is 24.9 Å². The highest BCUT2D eigenvalue weighted by atomic mass is 32.2. The summed E-state index contributed by atoms with van der Waals surface area (Å²) in [5.74, 6) is 2.43. The van der Waals surface area contributed by atoms with E-state index in [-0.39, 0.29) is 5.54 Å². The van der Waals surface area contributed by atoms with Gasteiger partial charge < -0.3 is 5.32 Å². The lowest BCUT2D eigenvalue weighted by Gasteiger charge is -2.48. The van der Waals surface area contributed by atoms with Crippen molar-refractivity contribution in [3.8, 4) is 0 Å². The zero-order valence-electron chi connectivity index (χ0n) is 11.5. The van der Waals surface area contributed by atoms with E-state index in [1.54, 1.807) is 4.88 Å². The number of hydrogen-bond acceptors (Lipinski definition) is 4. The van der Waals surface area contributed by atoms with Gasteiger partial charge in [0.25, 0.3) is 0 Å². The van der Waals surface area contributed by atoms with Gasteiger partial charge in [0, 0.05) is 10.6 Å². The molecule has 1 N–H and O–H groups in total.